The van der Waals surface area contributed by atoms with Crippen molar-refractivity contribution in [2.75, 3.05) is 0 Å². The topological polar surface area (TPSA) is 60.7 Å². The van der Waals surface area contributed by atoms with Gasteiger partial charge in [-0.2, -0.15) is 0 Å². The number of rotatable bonds is 9. The van der Waals surface area contributed by atoms with Crippen LogP contribution in [-0.4, -0.2) is 33.1 Å². The lowest BCUT2D eigenvalue weighted by Crippen LogP contribution is -2.35. The summed E-state index contributed by atoms with van der Waals surface area (Å²) >= 11 is 0. The standard InChI is InChI=1S/C30H50.C27H44O3/c1-21-18-22(2)20-25(19-21)13-14-26-10-9-17-30(8)27(15-16-28(26)30)23(3)11-12-24(4)29(5,6)7;1-18(8-9-19(2)26(3,4)30)24-12-13-25-21(7-6-14-27(24,25)5)11-10-20-15-22(28)17-23(29)16-20/h11-14,21-24,27-28H,9-10,15-20H2,1-8H3;8-11,18-19,22-25,28-30H,6-7,12-17H2,1-5H3/b12-11+,26-14+;9-8+,21-11+/t21-,22-,23+,24-,27+,28-,30+;18-,19+,22-,23-,24-,25+,27-/m01/s1. The van der Waals surface area contributed by atoms with Crippen LogP contribution >= 0.6 is 0 Å². The van der Waals surface area contributed by atoms with Crippen LogP contribution in [0, 0.1) is 75.4 Å². The maximum Gasteiger partial charge on any atom is 0.0651 e. The molecule has 6 rings (SSSR count). The highest BCUT2D eigenvalue weighted by Crippen LogP contribution is 2.61. The van der Waals surface area contributed by atoms with Crippen molar-refractivity contribution in [3.63, 3.8) is 0 Å². The summed E-state index contributed by atoms with van der Waals surface area (Å²) in [5, 5.41) is 30.2. The van der Waals surface area contributed by atoms with Gasteiger partial charge in [-0.15, -0.1) is 0 Å². The summed E-state index contributed by atoms with van der Waals surface area (Å²) in [7, 11) is 0. The lowest BCUT2D eigenvalue weighted by atomic mass is 9.61. The number of fused-ring (bicyclic) bond motifs is 2. The van der Waals surface area contributed by atoms with Crippen LogP contribution in [0.1, 0.15) is 193 Å². The second-order valence-corrected chi connectivity index (χ2v) is 24.2. The number of hydrogen-bond donors (Lipinski definition) is 3. The third kappa shape index (κ3) is 12.3. The lowest BCUT2D eigenvalue weighted by Gasteiger charge is -2.44. The van der Waals surface area contributed by atoms with E-state index in [1.54, 1.807) is 16.7 Å². The zero-order valence-electron chi connectivity index (χ0n) is 41.2. The SMILES string of the molecule is C[C@@H]1CC(=C/C=C2\CCC[C@]3(C)[C@@H]([C@H](C)/C=C/[C@H](C)C(C)(C)C)CC[C@@H]23)C[C@@H](C)C1.C[C@H](/C=C/[C@H](C)C(C)(C)O)[C@H]1CC[C@H]2/C(=C/C=C3C[C@@H](O)C[C@H](O)C3)CCC[C@]12C. The van der Waals surface area contributed by atoms with E-state index in [0.29, 0.717) is 65.1 Å². The minimum Gasteiger partial charge on any atom is -0.393 e. The molecular formula is C57H94O3. The van der Waals surface area contributed by atoms with Crippen LogP contribution in [0.25, 0.3) is 0 Å². The largest absolute Gasteiger partial charge is 0.393 e. The first-order chi connectivity index (χ1) is 28.0. The second-order valence-electron chi connectivity index (χ2n) is 24.2. The van der Waals surface area contributed by atoms with Crippen LogP contribution in [0.5, 0.6) is 0 Å². The molecule has 0 aromatic carbocycles. The molecule has 0 aliphatic heterocycles. The Morgan fingerprint density at radius 2 is 0.983 bits per heavy atom. The molecule has 0 aromatic rings. The van der Waals surface area contributed by atoms with Crippen LogP contribution in [-0.2, 0) is 0 Å². The highest BCUT2D eigenvalue weighted by molar-refractivity contribution is 5.28. The zero-order valence-corrected chi connectivity index (χ0v) is 41.2. The molecule has 0 aromatic heterocycles. The molecule has 340 valence electrons. The first kappa shape index (κ1) is 49.3. The molecule has 0 amide bonds. The first-order valence-electron chi connectivity index (χ1n) is 25.2. The molecule has 0 spiro atoms. The van der Waals surface area contributed by atoms with E-state index in [2.05, 4.69) is 125 Å². The van der Waals surface area contributed by atoms with Crippen LogP contribution < -0.4 is 0 Å². The molecule has 0 bridgehead atoms. The van der Waals surface area contributed by atoms with Crippen molar-refractivity contribution >= 4 is 0 Å². The van der Waals surface area contributed by atoms with Gasteiger partial charge in [-0.25, -0.2) is 0 Å². The predicted molar refractivity (Wildman–Crippen MR) is 257 cm³/mol. The maximum absolute atomic E-state index is 10.2. The molecule has 0 saturated heterocycles. The van der Waals surface area contributed by atoms with Gasteiger partial charge in [-0.1, -0.05) is 147 Å². The van der Waals surface area contributed by atoms with E-state index in [9.17, 15) is 15.3 Å². The Morgan fingerprint density at radius 3 is 1.40 bits per heavy atom. The molecule has 14 atom stereocenters. The van der Waals surface area contributed by atoms with Crippen LogP contribution in [0.3, 0.4) is 0 Å². The van der Waals surface area contributed by atoms with Crippen molar-refractivity contribution in [3.05, 3.63) is 70.9 Å². The average Bonchev–Trinajstić information content (AvgIpc) is 3.70. The normalized spacial score (nSPS) is 38.7. The van der Waals surface area contributed by atoms with E-state index in [1.165, 1.54) is 89.0 Å². The Morgan fingerprint density at radius 1 is 0.567 bits per heavy atom. The van der Waals surface area contributed by atoms with E-state index in [0.717, 1.165) is 23.7 Å². The van der Waals surface area contributed by atoms with Gasteiger partial charge in [0.2, 0.25) is 0 Å². The second kappa shape index (κ2) is 20.4. The van der Waals surface area contributed by atoms with Gasteiger partial charge in [0.1, 0.15) is 0 Å². The highest BCUT2D eigenvalue weighted by Gasteiger charge is 2.51. The molecule has 6 saturated carbocycles. The molecular weight excluding hydrogens is 733 g/mol. The van der Waals surface area contributed by atoms with E-state index >= 15 is 0 Å². The van der Waals surface area contributed by atoms with Gasteiger partial charge in [-0.3, -0.25) is 0 Å². The Labute approximate surface area is 370 Å². The Hall–Kier alpha value is -1.68. The average molecular weight is 827 g/mol. The van der Waals surface area contributed by atoms with Gasteiger partial charge in [-0.05, 0) is 186 Å². The fourth-order valence-corrected chi connectivity index (χ4v) is 13.5. The maximum atomic E-state index is 10.2. The van der Waals surface area contributed by atoms with E-state index in [4.69, 9.17) is 0 Å². The number of aliphatic hydroxyl groups is 3. The predicted octanol–water partition coefficient (Wildman–Crippen LogP) is 14.9. The van der Waals surface area contributed by atoms with Gasteiger partial charge < -0.3 is 15.3 Å². The molecule has 3 nitrogen and oxygen atoms in total. The molecule has 0 heterocycles. The Kier molecular flexibility index (Phi) is 16.8. The summed E-state index contributed by atoms with van der Waals surface area (Å²) in [6, 6.07) is 0. The van der Waals surface area contributed by atoms with E-state index in [-0.39, 0.29) is 5.92 Å². The molecule has 6 aliphatic rings. The van der Waals surface area contributed by atoms with Crippen molar-refractivity contribution in [2.45, 2.75) is 211 Å². The van der Waals surface area contributed by atoms with Gasteiger partial charge in [0.25, 0.3) is 0 Å². The first-order valence-corrected chi connectivity index (χ1v) is 25.2. The minimum atomic E-state index is -0.674. The third-order valence-electron chi connectivity index (χ3n) is 17.9. The molecule has 3 N–H and O–H groups in total. The number of allylic oxidation sites excluding steroid dienone is 10. The summed E-state index contributed by atoms with van der Waals surface area (Å²) in [4.78, 5) is 0. The van der Waals surface area contributed by atoms with Crippen LogP contribution in [0.2, 0.25) is 0 Å². The highest BCUT2D eigenvalue weighted by atomic mass is 16.3. The molecule has 6 fully saturated rings. The summed E-state index contributed by atoms with van der Waals surface area (Å²) < 4.78 is 0. The van der Waals surface area contributed by atoms with Crippen molar-refractivity contribution in [2.24, 2.45) is 75.4 Å². The molecule has 0 radical (unpaired) electrons. The molecule has 60 heavy (non-hydrogen) atoms. The third-order valence-corrected chi connectivity index (χ3v) is 17.9. The fraction of sp³-hybridized carbons (Fsp3) is 0.789. The minimum absolute atomic E-state index is 0.152. The number of hydrogen-bond acceptors (Lipinski definition) is 3. The monoisotopic (exact) mass is 827 g/mol. The van der Waals surface area contributed by atoms with Crippen molar-refractivity contribution in [3.8, 4) is 0 Å². The lowest BCUT2D eigenvalue weighted by molar-refractivity contribution is 0.0436. The van der Waals surface area contributed by atoms with Gasteiger partial charge in [0.15, 0.2) is 0 Å². The van der Waals surface area contributed by atoms with Crippen LogP contribution in [0.15, 0.2) is 70.9 Å². The van der Waals surface area contributed by atoms with Crippen LogP contribution in [0.4, 0.5) is 0 Å². The van der Waals surface area contributed by atoms with Gasteiger partial charge in [0, 0.05) is 5.92 Å². The summed E-state index contributed by atoms with van der Waals surface area (Å²) in [6.45, 7) is 30.2. The summed E-state index contributed by atoms with van der Waals surface area (Å²) in [5.41, 5.74) is 6.79. The zero-order chi connectivity index (χ0) is 44.2. The molecule has 3 heteroatoms. The van der Waals surface area contributed by atoms with Gasteiger partial charge >= 0.3 is 0 Å². The van der Waals surface area contributed by atoms with Crippen molar-refractivity contribution in [1.29, 1.82) is 0 Å². The van der Waals surface area contributed by atoms with E-state index in [1.807, 2.05) is 13.8 Å². The Balaban J connectivity index is 0.000000228. The van der Waals surface area contributed by atoms with E-state index < -0.39 is 17.8 Å². The fourth-order valence-electron chi connectivity index (χ4n) is 13.5. The quantitative estimate of drug-likeness (QED) is 0.203. The Bertz CT molecular complexity index is 1450. The molecule has 6 aliphatic carbocycles. The smallest absolute Gasteiger partial charge is 0.0651 e. The summed E-state index contributed by atoms with van der Waals surface area (Å²) in [5.74, 6) is 6.74. The number of aliphatic hydroxyl groups excluding tert-OH is 2. The summed E-state index contributed by atoms with van der Waals surface area (Å²) in [6.07, 6.45) is 37.8. The van der Waals surface area contributed by atoms with Crippen molar-refractivity contribution < 1.29 is 15.3 Å². The van der Waals surface area contributed by atoms with Gasteiger partial charge in [0.05, 0.1) is 17.8 Å². The molecule has 0 unspecified atom stereocenters. The van der Waals surface area contributed by atoms with Crippen molar-refractivity contribution in [1.82, 2.24) is 0 Å².